The number of carboxylic acids is 1. The third kappa shape index (κ3) is 7.47. The van der Waals surface area contributed by atoms with Crippen molar-refractivity contribution in [2.75, 3.05) is 13.2 Å². The molecule has 152 valence electrons. The lowest BCUT2D eigenvalue weighted by atomic mass is 10.1. The standard InChI is InChI=1S/C21H21NO7/c23-12-13-28-17-9-4-8-16(14-17)18(10-5-11-19(24)25)29-21(27)22-20(26)15-6-2-1-3-7-15/h1-9,11,14,18,23H,10,12-13H2,(H,24,25)(H,22,26,27)/b11-5+/t18-/m0/s1. The van der Waals surface area contributed by atoms with Crippen LogP contribution < -0.4 is 10.1 Å². The van der Waals surface area contributed by atoms with Crippen molar-refractivity contribution in [3.05, 3.63) is 77.9 Å². The Hall–Kier alpha value is -3.65. The van der Waals surface area contributed by atoms with Gasteiger partial charge in [-0.05, 0) is 29.8 Å². The van der Waals surface area contributed by atoms with Crippen LogP contribution in [0.4, 0.5) is 4.79 Å². The molecule has 29 heavy (non-hydrogen) atoms. The number of amides is 2. The van der Waals surface area contributed by atoms with Crippen LogP contribution in [-0.2, 0) is 9.53 Å². The van der Waals surface area contributed by atoms with Crippen LogP contribution in [0.2, 0.25) is 0 Å². The highest BCUT2D eigenvalue weighted by atomic mass is 16.6. The van der Waals surface area contributed by atoms with E-state index in [1.54, 1.807) is 54.6 Å². The second-order valence-corrected chi connectivity index (χ2v) is 5.83. The largest absolute Gasteiger partial charge is 0.491 e. The first-order chi connectivity index (χ1) is 14.0. The van der Waals surface area contributed by atoms with Gasteiger partial charge in [-0.2, -0.15) is 0 Å². The van der Waals surface area contributed by atoms with Crippen LogP contribution in [0.5, 0.6) is 5.75 Å². The average Bonchev–Trinajstić information content (AvgIpc) is 2.72. The lowest BCUT2D eigenvalue weighted by molar-refractivity contribution is -0.131. The number of ether oxygens (including phenoxy) is 2. The molecule has 0 unspecified atom stereocenters. The van der Waals surface area contributed by atoms with Gasteiger partial charge < -0.3 is 19.7 Å². The molecule has 8 heteroatoms. The minimum atomic E-state index is -1.13. The fourth-order valence-electron chi connectivity index (χ4n) is 2.43. The number of hydrogen-bond acceptors (Lipinski definition) is 6. The third-order valence-electron chi connectivity index (χ3n) is 3.70. The van der Waals surface area contributed by atoms with E-state index >= 15 is 0 Å². The van der Waals surface area contributed by atoms with Gasteiger partial charge in [0, 0.05) is 18.1 Å². The minimum Gasteiger partial charge on any atom is -0.491 e. The lowest BCUT2D eigenvalue weighted by Crippen LogP contribution is -2.32. The van der Waals surface area contributed by atoms with Crippen molar-refractivity contribution in [1.29, 1.82) is 0 Å². The SMILES string of the molecule is O=C(O)/C=C/C[C@H](OC(=O)NC(=O)c1ccccc1)c1cccc(OCCO)c1. The molecular weight excluding hydrogens is 378 g/mol. The molecule has 3 N–H and O–H groups in total. The van der Waals surface area contributed by atoms with Gasteiger partial charge in [0.25, 0.3) is 5.91 Å². The van der Waals surface area contributed by atoms with Crippen LogP contribution in [0.15, 0.2) is 66.7 Å². The maximum atomic E-state index is 12.2. The van der Waals surface area contributed by atoms with Gasteiger partial charge >= 0.3 is 12.1 Å². The van der Waals surface area contributed by atoms with Crippen LogP contribution >= 0.6 is 0 Å². The Bertz CT molecular complexity index is 864. The zero-order valence-corrected chi connectivity index (χ0v) is 15.5. The van der Waals surface area contributed by atoms with Crippen LogP contribution in [0.25, 0.3) is 0 Å². The Morgan fingerprint density at radius 3 is 2.52 bits per heavy atom. The van der Waals surface area contributed by atoms with Gasteiger partial charge in [-0.3, -0.25) is 10.1 Å². The first-order valence-corrected chi connectivity index (χ1v) is 8.79. The molecular formula is C21H21NO7. The number of imide groups is 1. The molecule has 8 nitrogen and oxygen atoms in total. The molecule has 2 aromatic rings. The van der Waals surface area contributed by atoms with E-state index in [1.165, 1.54) is 6.08 Å². The molecule has 0 radical (unpaired) electrons. The van der Waals surface area contributed by atoms with E-state index in [-0.39, 0.29) is 19.6 Å². The normalized spacial score (nSPS) is 11.6. The number of carbonyl (C=O) groups excluding carboxylic acids is 2. The quantitative estimate of drug-likeness (QED) is 0.554. The second-order valence-electron chi connectivity index (χ2n) is 5.83. The summed E-state index contributed by atoms with van der Waals surface area (Å²) in [6.45, 7) is -0.0601. The molecule has 0 saturated heterocycles. The maximum Gasteiger partial charge on any atom is 0.414 e. The highest BCUT2D eigenvalue weighted by Gasteiger charge is 2.19. The number of aliphatic hydroxyl groups excluding tert-OH is 1. The zero-order chi connectivity index (χ0) is 21.1. The summed E-state index contributed by atoms with van der Waals surface area (Å²) in [6.07, 6.45) is 0.541. The summed E-state index contributed by atoms with van der Waals surface area (Å²) in [7, 11) is 0. The molecule has 0 aliphatic rings. The molecule has 0 fully saturated rings. The topological polar surface area (TPSA) is 122 Å². The highest BCUT2D eigenvalue weighted by molar-refractivity contribution is 6.02. The van der Waals surface area contributed by atoms with E-state index in [1.807, 2.05) is 0 Å². The van der Waals surface area contributed by atoms with Crippen molar-refractivity contribution < 1.29 is 34.1 Å². The Morgan fingerprint density at radius 2 is 1.83 bits per heavy atom. The number of hydrogen-bond donors (Lipinski definition) is 3. The highest BCUT2D eigenvalue weighted by Crippen LogP contribution is 2.25. The summed E-state index contributed by atoms with van der Waals surface area (Å²) < 4.78 is 10.7. The predicted molar refractivity (Wildman–Crippen MR) is 104 cm³/mol. The molecule has 0 aliphatic heterocycles. The van der Waals surface area contributed by atoms with Crippen molar-refractivity contribution in [2.24, 2.45) is 0 Å². The number of benzene rings is 2. The fraction of sp³-hybridized carbons (Fsp3) is 0.190. The van der Waals surface area contributed by atoms with Crippen molar-refractivity contribution in [2.45, 2.75) is 12.5 Å². The molecule has 2 aromatic carbocycles. The number of aliphatic hydroxyl groups is 1. The molecule has 2 rings (SSSR count). The van der Waals surface area contributed by atoms with E-state index in [4.69, 9.17) is 19.7 Å². The van der Waals surface area contributed by atoms with Gasteiger partial charge in [0.15, 0.2) is 0 Å². The second kappa shape index (κ2) is 11.3. The van der Waals surface area contributed by atoms with E-state index in [0.717, 1.165) is 6.08 Å². The third-order valence-corrected chi connectivity index (χ3v) is 3.70. The summed E-state index contributed by atoms with van der Waals surface area (Å²) in [4.78, 5) is 35.0. The van der Waals surface area contributed by atoms with Crippen molar-refractivity contribution >= 4 is 18.0 Å². The Morgan fingerprint density at radius 1 is 1.07 bits per heavy atom. The van der Waals surface area contributed by atoms with Crippen molar-refractivity contribution in [1.82, 2.24) is 5.32 Å². The number of rotatable bonds is 9. The van der Waals surface area contributed by atoms with Gasteiger partial charge in [-0.25, -0.2) is 9.59 Å². The molecule has 0 aromatic heterocycles. The summed E-state index contributed by atoms with van der Waals surface area (Å²) >= 11 is 0. The molecule has 0 saturated carbocycles. The molecule has 0 heterocycles. The fourth-order valence-corrected chi connectivity index (χ4v) is 2.43. The van der Waals surface area contributed by atoms with E-state index in [0.29, 0.717) is 16.9 Å². The van der Waals surface area contributed by atoms with E-state index < -0.39 is 24.1 Å². The summed E-state index contributed by atoms with van der Waals surface area (Å²) in [5.41, 5.74) is 0.837. The number of aliphatic carboxylic acids is 1. The number of carboxylic acid groups (broad SMARTS) is 1. The summed E-state index contributed by atoms with van der Waals surface area (Å²) in [5.74, 6) is -1.30. The first-order valence-electron chi connectivity index (χ1n) is 8.79. The van der Waals surface area contributed by atoms with Crippen LogP contribution in [0.3, 0.4) is 0 Å². The first kappa shape index (κ1) is 21.6. The number of carbonyl (C=O) groups is 3. The minimum absolute atomic E-state index is 0.0721. The molecule has 2 amide bonds. The van der Waals surface area contributed by atoms with Gasteiger partial charge in [0.2, 0.25) is 0 Å². The van der Waals surface area contributed by atoms with Crippen LogP contribution in [-0.4, -0.2) is 41.4 Å². The lowest BCUT2D eigenvalue weighted by Gasteiger charge is -2.18. The average molecular weight is 399 g/mol. The Kier molecular flexibility index (Phi) is 8.40. The van der Waals surface area contributed by atoms with E-state index in [9.17, 15) is 14.4 Å². The molecule has 1 atom stereocenters. The van der Waals surface area contributed by atoms with Gasteiger partial charge in [-0.1, -0.05) is 36.4 Å². The van der Waals surface area contributed by atoms with Gasteiger partial charge in [0.1, 0.15) is 18.5 Å². The monoisotopic (exact) mass is 399 g/mol. The number of nitrogens with one attached hydrogen (secondary N) is 1. The van der Waals surface area contributed by atoms with Gasteiger partial charge in [0.05, 0.1) is 6.61 Å². The maximum absolute atomic E-state index is 12.2. The predicted octanol–water partition coefficient (Wildman–Crippen LogP) is 2.70. The number of alkyl carbamates (subject to hydrolysis) is 1. The molecule has 0 spiro atoms. The van der Waals surface area contributed by atoms with E-state index in [2.05, 4.69) is 5.32 Å². The summed E-state index contributed by atoms with van der Waals surface area (Å²) in [5, 5.41) is 19.8. The van der Waals surface area contributed by atoms with Crippen molar-refractivity contribution in [3.8, 4) is 5.75 Å². The summed E-state index contributed by atoms with van der Waals surface area (Å²) in [6, 6.07) is 14.8. The Balaban J connectivity index is 2.12. The molecule has 0 bridgehead atoms. The van der Waals surface area contributed by atoms with Crippen LogP contribution in [0, 0.1) is 0 Å². The molecule has 0 aliphatic carbocycles. The smallest absolute Gasteiger partial charge is 0.414 e. The Labute approximate surface area is 167 Å². The zero-order valence-electron chi connectivity index (χ0n) is 15.5. The van der Waals surface area contributed by atoms with Crippen LogP contribution in [0.1, 0.15) is 28.4 Å². The van der Waals surface area contributed by atoms with Crippen molar-refractivity contribution in [3.63, 3.8) is 0 Å². The van der Waals surface area contributed by atoms with Gasteiger partial charge in [-0.15, -0.1) is 0 Å².